The van der Waals surface area contributed by atoms with Crippen LogP contribution in [0.4, 0.5) is 0 Å². The SMILES string of the molecule is BrC1=C(Br)C(Br)C(Br)c2cc3ccccc3cc21. The van der Waals surface area contributed by atoms with Crippen molar-refractivity contribution in [1.82, 2.24) is 0 Å². The van der Waals surface area contributed by atoms with Gasteiger partial charge in [-0.25, -0.2) is 0 Å². The van der Waals surface area contributed by atoms with E-state index >= 15 is 0 Å². The van der Waals surface area contributed by atoms with E-state index in [-0.39, 0.29) is 9.65 Å². The largest absolute Gasteiger partial charge is 0.0822 e. The van der Waals surface area contributed by atoms with E-state index in [0.717, 1.165) is 8.96 Å². The van der Waals surface area contributed by atoms with Crippen LogP contribution in [0.1, 0.15) is 16.0 Å². The molecule has 92 valence electrons. The smallest absolute Gasteiger partial charge is 0.0638 e. The number of hydrogen-bond acceptors (Lipinski definition) is 0. The van der Waals surface area contributed by atoms with Crippen LogP contribution >= 0.6 is 63.7 Å². The Morgan fingerprint density at radius 1 is 0.833 bits per heavy atom. The average molecular weight is 496 g/mol. The Kier molecular flexibility index (Phi) is 3.74. The van der Waals surface area contributed by atoms with E-state index in [1.165, 1.54) is 21.9 Å². The zero-order valence-electron chi connectivity index (χ0n) is 9.13. The van der Waals surface area contributed by atoms with E-state index in [1.54, 1.807) is 0 Å². The second-order valence-corrected chi connectivity index (χ2v) is 7.87. The number of allylic oxidation sites excluding steroid dienone is 1. The van der Waals surface area contributed by atoms with Gasteiger partial charge in [0.05, 0.1) is 9.65 Å². The lowest BCUT2D eigenvalue weighted by Crippen LogP contribution is -2.14. The summed E-state index contributed by atoms with van der Waals surface area (Å²) in [6.07, 6.45) is 0. The Morgan fingerprint density at radius 3 is 2.11 bits per heavy atom. The zero-order valence-corrected chi connectivity index (χ0v) is 15.5. The van der Waals surface area contributed by atoms with Crippen LogP contribution < -0.4 is 0 Å². The van der Waals surface area contributed by atoms with Crippen molar-refractivity contribution in [3.63, 3.8) is 0 Å². The molecule has 2 aromatic carbocycles. The molecular formula is C14H8Br4. The minimum atomic E-state index is 0.250. The topological polar surface area (TPSA) is 0 Å². The minimum Gasteiger partial charge on any atom is -0.0822 e. The molecule has 0 fully saturated rings. The predicted octanol–water partition coefficient (Wildman–Crippen LogP) is 6.51. The second kappa shape index (κ2) is 5.04. The lowest BCUT2D eigenvalue weighted by Gasteiger charge is -2.27. The fourth-order valence-corrected chi connectivity index (χ4v) is 5.10. The number of alkyl halides is 2. The Bertz CT molecular complexity index is 660. The van der Waals surface area contributed by atoms with Gasteiger partial charge in [-0.1, -0.05) is 72.1 Å². The van der Waals surface area contributed by atoms with Crippen LogP contribution in [0.25, 0.3) is 15.3 Å². The van der Waals surface area contributed by atoms with Crippen molar-refractivity contribution in [3.05, 3.63) is 52.0 Å². The highest BCUT2D eigenvalue weighted by Crippen LogP contribution is 2.50. The molecule has 0 aliphatic heterocycles. The fourth-order valence-electron chi connectivity index (χ4n) is 2.21. The summed E-state index contributed by atoms with van der Waals surface area (Å²) in [4.78, 5) is 0.522. The van der Waals surface area contributed by atoms with Gasteiger partial charge in [-0.15, -0.1) is 0 Å². The number of fused-ring (bicyclic) bond motifs is 2. The van der Waals surface area contributed by atoms with E-state index in [1.807, 2.05) is 0 Å². The van der Waals surface area contributed by atoms with Crippen LogP contribution in [-0.2, 0) is 0 Å². The van der Waals surface area contributed by atoms with Gasteiger partial charge in [0.2, 0.25) is 0 Å². The third-order valence-corrected chi connectivity index (χ3v) is 8.77. The molecule has 0 spiro atoms. The summed E-state index contributed by atoms with van der Waals surface area (Å²) in [5.74, 6) is 0. The first kappa shape index (κ1) is 13.3. The van der Waals surface area contributed by atoms with E-state index in [9.17, 15) is 0 Å². The van der Waals surface area contributed by atoms with Gasteiger partial charge in [0.15, 0.2) is 0 Å². The molecule has 0 aromatic heterocycles. The standard InChI is InChI=1S/C14H8Br4/c15-11-9-5-7-3-1-2-4-8(7)6-10(9)12(16)14(18)13(11)17/h1-6,11,13H. The zero-order chi connectivity index (χ0) is 12.9. The first-order valence-corrected chi connectivity index (χ1v) is 8.87. The summed E-state index contributed by atoms with van der Waals surface area (Å²) >= 11 is 14.8. The summed E-state index contributed by atoms with van der Waals surface area (Å²) in [6.45, 7) is 0. The van der Waals surface area contributed by atoms with E-state index in [2.05, 4.69) is 100 Å². The van der Waals surface area contributed by atoms with Gasteiger partial charge >= 0.3 is 0 Å². The molecule has 0 nitrogen and oxygen atoms in total. The van der Waals surface area contributed by atoms with Crippen LogP contribution in [0, 0.1) is 0 Å². The predicted molar refractivity (Wildman–Crippen MR) is 93.1 cm³/mol. The second-order valence-electron chi connectivity index (χ2n) is 4.25. The fraction of sp³-hybridized carbons (Fsp3) is 0.143. The molecule has 2 aromatic rings. The third kappa shape index (κ3) is 2.05. The van der Waals surface area contributed by atoms with Crippen molar-refractivity contribution in [3.8, 4) is 0 Å². The monoisotopic (exact) mass is 492 g/mol. The molecule has 2 atom stereocenters. The highest BCUT2D eigenvalue weighted by Gasteiger charge is 2.30. The Hall–Kier alpha value is 0.360. The van der Waals surface area contributed by atoms with Crippen molar-refractivity contribution in [1.29, 1.82) is 0 Å². The first-order valence-electron chi connectivity index (χ1n) is 5.46. The Balaban J connectivity index is 2.35. The molecule has 3 rings (SSSR count). The summed E-state index contributed by atoms with van der Waals surface area (Å²) in [6, 6.07) is 13.0. The molecule has 0 N–H and O–H groups in total. The maximum Gasteiger partial charge on any atom is 0.0638 e. The normalized spacial score (nSPS) is 23.3. The molecule has 0 saturated carbocycles. The quantitative estimate of drug-likeness (QED) is 0.365. The van der Waals surface area contributed by atoms with Crippen LogP contribution in [0.5, 0.6) is 0 Å². The number of benzene rings is 2. The van der Waals surface area contributed by atoms with Gasteiger partial charge in [0.1, 0.15) is 0 Å². The molecule has 0 saturated heterocycles. The molecular weight excluding hydrogens is 488 g/mol. The van der Waals surface area contributed by atoms with Gasteiger partial charge in [0.25, 0.3) is 0 Å². The summed E-state index contributed by atoms with van der Waals surface area (Å²) in [5, 5.41) is 2.54. The Labute approximate surface area is 139 Å². The average Bonchev–Trinajstić information content (AvgIpc) is 2.41. The van der Waals surface area contributed by atoms with Gasteiger partial charge < -0.3 is 0 Å². The highest BCUT2D eigenvalue weighted by atomic mass is 79.9. The van der Waals surface area contributed by atoms with Crippen molar-refractivity contribution in [2.24, 2.45) is 0 Å². The highest BCUT2D eigenvalue weighted by molar-refractivity contribution is 9.17. The number of halogens is 4. The van der Waals surface area contributed by atoms with Crippen LogP contribution in [0.3, 0.4) is 0 Å². The van der Waals surface area contributed by atoms with Gasteiger partial charge in [-0.3, -0.25) is 0 Å². The van der Waals surface area contributed by atoms with Gasteiger partial charge in [0, 0.05) is 8.96 Å². The third-order valence-electron chi connectivity index (χ3n) is 3.16. The molecule has 2 unspecified atom stereocenters. The van der Waals surface area contributed by atoms with Gasteiger partial charge in [-0.05, 0) is 50.0 Å². The number of hydrogen-bond donors (Lipinski definition) is 0. The van der Waals surface area contributed by atoms with E-state index in [4.69, 9.17) is 0 Å². The van der Waals surface area contributed by atoms with E-state index in [0.29, 0.717) is 0 Å². The molecule has 0 bridgehead atoms. The summed E-state index contributed by atoms with van der Waals surface area (Å²) in [5.41, 5.74) is 2.56. The summed E-state index contributed by atoms with van der Waals surface area (Å²) in [7, 11) is 0. The molecule has 1 aliphatic rings. The van der Waals surface area contributed by atoms with Crippen molar-refractivity contribution < 1.29 is 0 Å². The van der Waals surface area contributed by atoms with Crippen LogP contribution in [0.15, 0.2) is 40.9 Å². The lowest BCUT2D eigenvalue weighted by atomic mass is 9.93. The molecule has 1 aliphatic carbocycles. The van der Waals surface area contributed by atoms with Crippen LogP contribution in [0.2, 0.25) is 0 Å². The minimum absolute atomic E-state index is 0.250. The molecule has 0 amide bonds. The maximum atomic E-state index is 3.77. The van der Waals surface area contributed by atoms with E-state index < -0.39 is 0 Å². The van der Waals surface area contributed by atoms with Crippen molar-refractivity contribution in [2.45, 2.75) is 9.65 Å². The molecule has 0 radical (unpaired) electrons. The lowest BCUT2D eigenvalue weighted by molar-refractivity contribution is 0.999. The Morgan fingerprint density at radius 2 is 1.44 bits per heavy atom. The molecule has 4 heteroatoms. The van der Waals surface area contributed by atoms with Crippen LogP contribution in [-0.4, -0.2) is 4.83 Å². The van der Waals surface area contributed by atoms with Crippen molar-refractivity contribution >= 4 is 79.0 Å². The van der Waals surface area contributed by atoms with Gasteiger partial charge in [-0.2, -0.15) is 0 Å². The maximum absolute atomic E-state index is 3.77. The molecule has 0 heterocycles. The number of rotatable bonds is 0. The molecule has 18 heavy (non-hydrogen) atoms. The summed E-state index contributed by atoms with van der Waals surface area (Å²) < 4.78 is 2.27. The first-order chi connectivity index (χ1) is 8.59. The van der Waals surface area contributed by atoms with Crippen molar-refractivity contribution in [2.75, 3.05) is 0 Å².